The molecule has 4 nitrogen and oxygen atoms in total. The topological polar surface area (TPSA) is 66.4 Å². The van der Waals surface area contributed by atoms with Crippen LogP contribution in [-0.2, 0) is 11.2 Å². The van der Waals surface area contributed by atoms with E-state index in [0.717, 1.165) is 16.7 Å². The number of benzene rings is 1. The van der Waals surface area contributed by atoms with Gasteiger partial charge in [0.15, 0.2) is 0 Å². The van der Waals surface area contributed by atoms with Gasteiger partial charge in [-0.15, -0.1) is 0 Å². The van der Waals surface area contributed by atoms with Crippen LogP contribution < -0.4 is 5.32 Å². The maximum Gasteiger partial charge on any atom is 0.337 e. The van der Waals surface area contributed by atoms with E-state index in [-0.39, 0.29) is 17.9 Å². The number of thiophene rings is 1. The number of carboxylic acids is 1. The molecule has 0 aliphatic rings. The third-order valence-corrected chi connectivity index (χ3v) is 3.65. The van der Waals surface area contributed by atoms with E-state index in [1.807, 2.05) is 29.8 Å². The SMILES string of the molecule is Cc1cc(C)c(NC(=O)Cc2ccsc2)c(C(=O)O)c1. The second kappa shape index (κ2) is 5.88. The summed E-state index contributed by atoms with van der Waals surface area (Å²) >= 11 is 1.53. The summed E-state index contributed by atoms with van der Waals surface area (Å²) in [5.74, 6) is -1.25. The minimum atomic E-state index is -1.04. The fourth-order valence-electron chi connectivity index (χ4n) is 2.06. The summed E-state index contributed by atoms with van der Waals surface area (Å²) < 4.78 is 0. The number of aryl methyl sites for hydroxylation is 2. The van der Waals surface area contributed by atoms with Gasteiger partial charge in [0.05, 0.1) is 17.7 Å². The number of anilines is 1. The fraction of sp³-hybridized carbons (Fsp3) is 0.200. The van der Waals surface area contributed by atoms with Gasteiger partial charge in [-0.05, 0) is 53.4 Å². The maximum atomic E-state index is 12.0. The summed E-state index contributed by atoms with van der Waals surface area (Å²) in [7, 11) is 0. The predicted octanol–water partition coefficient (Wildman–Crippen LogP) is 3.24. The summed E-state index contributed by atoms with van der Waals surface area (Å²) in [5, 5.41) is 15.8. The molecule has 20 heavy (non-hydrogen) atoms. The Hall–Kier alpha value is -2.14. The quantitative estimate of drug-likeness (QED) is 0.908. The Morgan fingerprint density at radius 3 is 2.65 bits per heavy atom. The van der Waals surface area contributed by atoms with Crippen molar-refractivity contribution in [3.05, 3.63) is 51.2 Å². The van der Waals surface area contributed by atoms with Crippen molar-refractivity contribution in [1.82, 2.24) is 0 Å². The standard InChI is InChI=1S/C15H15NO3S/c1-9-5-10(2)14(12(6-9)15(18)19)16-13(17)7-11-3-4-20-8-11/h3-6,8H,7H2,1-2H3,(H,16,17)(H,18,19). The Morgan fingerprint density at radius 2 is 2.05 bits per heavy atom. The van der Waals surface area contributed by atoms with Crippen molar-refractivity contribution in [2.75, 3.05) is 5.32 Å². The molecule has 0 saturated carbocycles. The second-order valence-corrected chi connectivity index (χ2v) is 5.45. The Balaban J connectivity index is 2.24. The van der Waals surface area contributed by atoms with Gasteiger partial charge in [-0.3, -0.25) is 4.79 Å². The molecule has 2 rings (SSSR count). The van der Waals surface area contributed by atoms with E-state index in [0.29, 0.717) is 5.69 Å². The number of carbonyl (C=O) groups excluding carboxylic acids is 1. The molecule has 1 aromatic heterocycles. The van der Waals surface area contributed by atoms with E-state index in [9.17, 15) is 14.7 Å². The molecule has 1 heterocycles. The van der Waals surface area contributed by atoms with Crippen LogP contribution in [0.5, 0.6) is 0 Å². The average Bonchev–Trinajstić information content (AvgIpc) is 2.84. The number of aromatic carboxylic acids is 1. The Kier molecular flexibility index (Phi) is 4.20. The van der Waals surface area contributed by atoms with Crippen molar-refractivity contribution in [2.24, 2.45) is 0 Å². The number of rotatable bonds is 4. The third-order valence-electron chi connectivity index (χ3n) is 2.92. The molecule has 0 radical (unpaired) electrons. The number of nitrogens with one attached hydrogen (secondary N) is 1. The zero-order valence-corrected chi connectivity index (χ0v) is 12.1. The number of carboxylic acid groups (broad SMARTS) is 1. The monoisotopic (exact) mass is 289 g/mol. The van der Waals surface area contributed by atoms with Crippen molar-refractivity contribution in [2.45, 2.75) is 20.3 Å². The Morgan fingerprint density at radius 1 is 1.30 bits per heavy atom. The number of hydrogen-bond acceptors (Lipinski definition) is 3. The van der Waals surface area contributed by atoms with E-state index >= 15 is 0 Å². The number of carbonyl (C=O) groups is 2. The molecular formula is C15H15NO3S. The van der Waals surface area contributed by atoms with Gasteiger partial charge in [0.25, 0.3) is 0 Å². The molecule has 0 atom stereocenters. The molecule has 0 fully saturated rings. The van der Waals surface area contributed by atoms with Crippen LogP contribution >= 0.6 is 11.3 Å². The van der Waals surface area contributed by atoms with Gasteiger partial charge in [0.2, 0.25) is 5.91 Å². The van der Waals surface area contributed by atoms with E-state index in [4.69, 9.17) is 0 Å². The fourth-order valence-corrected chi connectivity index (χ4v) is 2.73. The van der Waals surface area contributed by atoms with Crippen LogP contribution in [0.4, 0.5) is 5.69 Å². The first-order valence-corrected chi connectivity index (χ1v) is 7.07. The summed E-state index contributed by atoms with van der Waals surface area (Å²) in [4.78, 5) is 23.3. The van der Waals surface area contributed by atoms with Crippen molar-refractivity contribution in [3.8, 4) is 0 Å². The Labute approximate surface area is 121 Å². The molecular weight excluding hydrogens is 274 g/mol. The van der Waals surface area contributed by atoms with Crippen LogP contribution in [0.3, 0.4) is 0 Å². The van der Waals surface area contributed by atoms with Crippen LogP contribution in [-0.4, -0.2) is 17.0 Å². The first kappa shape index (κ1) is 14.3. The molecule has 0 saturated heterocycles. The first-order valence-electron chi connectivity index (χ1n) is 6.13. The van der Waals surface area contributed by atoms with E-state index in [2.05, 4.69) is 5.32 Å². The first-order chi connectivity index (χ1) is 9.47. The third kappa shape index (κ3) is 3.24. The van der Waals surface area contributed by atoms with Crippen molar-refractivity contribution in [1.29, 1.82) is 0 Å². The van der Waals surface area contributed by atoms with Gasteiger partial charge in [-0.1, -0.05) is 6.07 Å². The van der Waals surface area contributed by atoms with Gasteiger partial charge in [0.1, 0.15) is 0 Å². The minimum Gasteiger partial charge on any atom is -0.478 e. The van der Waals surface area contributed by atoms with Crippen LogP contribution in [0.15, 0.2) is 29.0 Å². The highest BCUT2D eigenvalue weighted by Gasteiger charge is 2.15. The highest BCUT2D eigenvalue weighted by atomic mass is 32.1. The van der Waals surface area contributed by atoms with Gasteiger partial charge in [0, 0.05) is 0 Å². The van der Waals surface area contributed by atoms with Crippen LogP contribution in [0.1, 0.15) is 27.0 Å². The second-order valence-electron chi connectivity index (χ2n) is 4.67. The predicted molar refractivity (Wildman–Crippen MR) is 79.5 cm³/mol. The molecule has 2 N–H and O–H groups in total. The van der Waals surface area contributed by atoms with Gasteiger partial charge in [-0.25, -0.2) is 4.79 Å². The van der Waals surface area contributed by atoms with Crippen LogP contribution in [0.25, 0.3) is 0 Å². The van der Waals surface area contributed by atoms with Crippen LogP contribution in [0.2, 0.25) is 0 Å². The molecule has 1 aromatic carbocycles. The van der Waals surface area contributed by atoms with Crippen molar-refractivity contribution < 1.29 is 14.7 Å². The largest absolute Gasteiger partial charge is 0.478 e. The number of hydrogen-bond donors (Lipinski definition) is 2. The summed E-state index contributed by atoms with van der Waals surface area (Å²) in [6.07, 6.45) is 0.246. The maximum absolute atomic E-state index is 12.0. The normalized spacial score (nSPS) is 10.3. The lowest BCUT2D eigenvalue weighted by atomic mass is 10.0. The molecule has 0 bridgehead atoms. The smallest absolute Gasteiger partial charge is 0.337 e. The lowest BCUT2D eigenvalue weighted by Gasteiger charge is -2.12. The zero-order chi connectivity index (χ0) is 14.7. The highest BCUT2D eigenvalue weighted by Crippen LogP contribution is 2.23. The minimum absolute atomic E-state index is 0.126. The highest BCUT2D eigenvalue weighted by molar-refractivity contribution is 7.08. The van der Waals surface area contributed by atoms with Crippen molar-refractivity contribution >= 4 is 28.9 Å². The molecule has 104 valence electrons. The molecule has 0 unspecified atom stereocenters. The van der Waals surface area contributed by atoms with E-state index in [1.54, 1.807) is 13.0 Å². The molecule has 5 heteroatoms. The lowest BCUT2D eigenvalue weighted by Crippen LogP contribution is -2.17. The number of amides is 1. The van der Waals surface area contributed by atoms with Gasteiger partial charge in [-0.2, -0.15) is 11.3 Å². The van der Waals surface area contributed by atoms with E-state index < -0.39 is 5.97 Å². The van der Waals surface area contributed by atoms with Crippen LogP contribution in [0, 0.1) is 13.8 Å². The van der Waals surface area contributed by atoms with E-state index in [1.165, 1.54) is 11.3 Å². The van der Waals surface area contributed by atoms with Crippen molar-refractivity contribution in [3.63, 3.8) is 0 Å². The summed E-state index contributed by atoms with van der Waals surface area (Å²) in [5.41, 5.74) is 3.04. The molecule has 0 aliphatic carbocycles. The molecule has 2 aromatic rings. The lowest BCUT2D eigenvalue weighted by molar-refractivity contribution is -0.115. The van der Waals surface area contributed by atoms with Gasteiger partial charge >= 0.3 is 5.97 Å². The average molecular weight is 289 g/mol. The summed E-state index contributed by atoms with van der Waals surface area (Å²) in [6.45, 7) is 3.62. The molecule has 0 aliphatic heterocycles. The molecule has 1 amide bonds. The molecule has 0 spiro atoms. The zero-order valence-electron chi connectivity index (χ0n) is 11.3. The van der Waals surface area contributed by atoms with Gasteiger partial charge < -0.3 is 10.4 Å². The summed E-state index contributed by atoms with van der Waals surface area (Å²) in [6, 6.07) is 5.30. The Bertz CT molecular complexity index is 647.